The van der Waals surface area contributed by atoms with E-state index in [0.29, 0.717) is 28.6 Å². The first-order valence-corrected chi connectivity index (χ1v) is 10.6. The van der Waals surface area contributed by atoms with Crippen molar-refractivity contribution in [2.45, 2.75) is 19.0 Å². The van der Waals surface area contributed by atoms with Crippen molar-refractivity contribution in [3.8, 4) is 11.5 Å². The minimum absolute atomic E-state index is 0.0896. The molecule has 1 saturated heterocycles. The number of benzene rings is 2. The lowest BCUT2D eigenvalue weighted by atomic mass is 10.1. The number of carbonyl (C=O) groups excluding carboxylic acids is 3. The fourth-order valence-electron chi connectivity index (χ4n) is 3.73. The van der Waals surface area contributed by atoms with Gasteiger partial charge >= 0.3 is 6.03 Å². The van der Waals surface area contributed by atoms with Gasteiger partial charge in [0.2, 0.25) is 5.91 Å². The lowest BCUT2D eigenvalue weighted by Crippen LogP contribution is -2.37. The van der Waals surface area contributed by atoms with Gasteiger partial charge in [0.05, 0.1) is 38.6 Å². The highest BCUT2D eigenvalue weighted by Crippen LogP contribution is 2.30. The van der Waals surface area contributed by atoms with E-state index in [4.69, 9.17) is 9.47 Å². The quantitative estimate of drug-likeness (QED) is 0.517. The Kier molecular flexibility index (Phi) is 6.72. The number of nitrogens with one attached hydrogen (secondary N) is 1. The summed E-state index contributed by atoms with van der Waals surface area (Å²) in [5.41, 5.74) is 1.54. The molecule has 2 heterocycles. The van der Waals surface area contributed by atoms with E-state index in [1.165, 1.54) is 12.0 Å². The summed E-state index contributed by atoms with van der Waals surface area (Å²) in [7, 11) is 3.06. The molecule has 9 nitrogen and oxygen atoms in total. The average Bonchev–Trinajstić information content (AvgIpc) is 3.09. The summed E-state index contributed by atoms with van der Waals surface area (Å²) in [6.45, 7) is 0.0896. The normalized spacial score (nSPS) is 15.4. The number of rotatable bonds is 8. The highest BCUT2D eigenvalue weighted by Gasteiger charge is 2.46. The van der Waals surface area contributed by atoms with Crippen LogP contribution in [0.15, 0.2) is 72.9 Å². The maximum absolute atomic E-state index is 13.4. The van der Waals surface area contributed by atoms with Crippen LogP contribution in [0.25, 0.3) is 0 Å². The number of ether oxygens (including phenoxy) is 2. The molecule has 0 aliphatic carbocycles. The first-order valence-electron chi connectivity index (χ1n) is 10.6. The van der Waals surface area contributed by atoms with Gasteiger partial charge in [-0.15, -0.1) is 0 Å². The summed E-state index contributed by atoms with van der Waals surface area (Å²) in [5.74, 6) is 0.286. The molecule has 3 aromatic rings. The van der Waals surface area contributed by atoms with Crippen LogP contribution in [0.3, 0.4) is 0 Å². The van der Waals surface area contributed by atoms with Crippen molar-refractivity contribution in [3.63, 3.8) is 0 Å². The van der Waals surface area contributed by atoms with Crippen molar-refractivity contribution in [1.82, 2.24) is 9.88 Å². The van der Waals surface area contributed by atoms with Gasteiger partial charge in [-0.05, 0) is 48.5 Å². The van der Waals surface area contributed by atoms with Crippen LogP contribution in [0.4, 0.5) is 16.2 Å². The molecule has 0 spiro atoms. The molecule has 2 aromatic carbocycles. The second-order valence-corrected chi connectivity index (χ2v) is 7.60. The largest absolute Gasteiger partial charge is 0.497 e. The molecule has 34 heavy (non-hydrogen) atoms. The van der Waals surface area contributed by atoms with E-state index in [1.807, 2.05) is 0 Å². The third kappa shape index (κ3) is 4.83. The van der Waals surface area contributed by atoms with Crippen LogP contribution in [0.1, 0.15) is 12.1 Å². The predicted octanol–water partition coefficient (Wildman–Crippen LogP) is 3.47. The van der Waals surface area contributed by atoms with E-state index < -0.39 is 23.9 Å². The molecule has 4 rings (SSSR count). The number of hydrogen-bond donors (Lipinski definition) is 1. The Labute approximate surface area is 196 Å². The molecule has 0 bridgehead atoms. The van der Waals surface area contributed by atoms with Crippen LogP contribution in [0.5, 0.6) is 11.5 Å². The fraction of sp³-hybridized carbons (Fsp3) is 0.200. The summed E-state index contributed by atoms with van der Waals surface area (Å²) in [4.78, 5) is 46.3. The number of carbonyl (C=O) groups is 3. The zero-order chi connectivity index (χ0) is 24.1. The SMILES string of the molecule is COc1ccc(NC(=O)C[C@H]2C(=O)N(c3cccc(OC)c3)C(=O)N2Cc2ccccn2)cc1. The topological polar surface area (TPSA) is 101 Å². The molecule has 1 N–H and O–H groups in total. The second-order valence-electron chi connectivity index (χ2n) is 7.60. The molecule has 4 amide bonds. The van der Waals surface area contributed by atoms with Gasteiger partial charge in [-0.3, -0.25) is 14.6 Å². The van der Waals surface area contributed by atoms with Gasteiger partial charge in [0, 0.05) is 18.0 Å². The van der Waals surface area contributed by atoms with Crippen molar-refractivity contribution in [1.29, 1.82) is 0 Å². The molecule has 1 fully saturated rings. The van der Waals surface area contributed by atoms with Crippen LogP contribution >= 0.6 is 0 Å². The molecule has 1 aromatic heterocycles. The molecule has 1 aliphatic rings. The Morgan fingerprint density at radius 1 is 0.971 bits per heavy atom. The van der Waals surface area contributed by atoms with Crippen molar-refractivity contribution < 1.29 is 23.9 Å². The minimum atomic E-state index is -0.987. The Bertz CT molecular complexity index is 1180. The molecule has 1 atom stereocenters. The van der Waals surface area contributed by atoms with Crippen LogP contribution in [-0.4, -0.2) is 48.0 Å². The Morgan fingerprint density at radius 2 is 1.74 bits per heavy atom. The van der Waals surface area contributed by atoms with Crippen LogP contribution < -0.4 is 19.7 Å². The summed E-state index contributed by atoms with van der Waals surface area (Å²) in [6, 6.07) is 17.3. The Balaban J connectivity index is 1.59. The van der Waals surface area contributed by atoms with Gasteiger partial charge in [0.1, 0.15) is 17.5 Å². The van der Waals surface area contributed by atoms with Crippen LogP contribution in [0.2, 0.25) is 0 Å². The zero-order valence-electron chi connectivity index (χ0n) is 18.8. The lowest BCUT2D eigenvalue weighted by Gasteiger charge is -2.21. The molecule has 9 heteroatoms. The molecular weight excluding hydrogens is 436 g/mol. The fourth-order valence-corrected chi connectivity index (χ4v) is 3.73. The predicted molar refractivity (Wildman–Crippen MR) is 126 cm³/mol. The minimum Gasteiger partial charge on any atom is -0.497 e. The highest BCUT2D eigenvalue weighted by atomic mass is 16.5. The average molecular weight is 460 g/mol. The highest BCUT2D eigenvalue weighted by molar-refractivity contribution is 6.22. The molecule has 1 aliphatic heterocycles. The number of pyridine rings is 1. The zero-order valence-corrected chi connectivity index (χ0v) is 18.8. The molecule has 0 saturated carbocycles. The second kappa shape index (κ2) is 10.0. The maximum Gasteiger partial charge on any atom is 0.332 e. The number of anilines is 2. The maximum atomic E-state index is 13.4. The smallest absolute Gasteiger partial charge is 0.332 e. The van der Waals surface area contributed by atoms with Crippen molar-refractivity contribution in [2.24, 2.45) is 0 Å². The molecule has 174 valence electrons. The standard InChI is InChI=1S/C25H24N4O5/c1-33-20-11-9-17(10-12-20)27-23(30)15-22-24(31)29(19-7-5-8-21(14-19)34-2)25(32)28(22)16-18-6-3-4-13-26-18/h3-14,22H,15-16H2,1-2H3,(H,27,30)/t22-/m0/s1. The van der Waals surface area contributed by atoms with E-state index in [-0.39, 0.29) is 13.0 Å². The summed E-state index contributed by atoms with van der Waals surface area (Å²) < 4.78 is 10.4. The van der Waals surface area contributed by atoms with Crippen molar-refractivity contribution >= 4 is 29.2 Å². The van der Waals surface area contributed by atoms with Gasteiger partial charge in [-0.25, -0.2) is 9.69 Å². The molecular formula is C25H24N4O5. The van der Waals surface area contributed by atoms with E-state index in [0.717, 1.165) is 4.90 Å². The van der Waals surface area contributed by atoms with Gasteiger partial charge in [-0.1, -0.05) is 12.1 Å². The number of urea groups is 1. The number of methoxy groups -OCH3 is 2. The van der Waals surface area contributed by atoms with E-state index in [2.05, 4.69) is 10.3 Å². The van der Waals surface area contributed by atoms with E-state index >= 15 is 0 Å². The molecule has 0 unspecified atom stereocenters. The number of imide groups is 1. The van der Waals surface area contributed by atoms with Gasteiger partial charge < -0.3 is 19.7 Å². The third-order valence-electron chi connectivity index (χ3n) is 5.44. The van der Waals surface area contributed by atoms with Gasteiger partial charge in [-0.2, -0.15) is 0 Å². The van der Waals surface area contributed by atoms with Crippen molar-refractivity contribution in [3.05, 3.63) is 78.6 Å². The Hall–Kier alpha value is -4.40. The van der Waals surface area contributed by atoms with Crippen LogP contribution in [-0.2, 0) is 16.1 Å². The molecule has 0 radical (unpaired) electrons. The third-order valence-corrected chi connectivity index (χ3v) is 5.44. The number of amides is 4. The van der Waals surface area contributed by atoms with E-state index in [9.17, 15) is 14.4 Å². The Morgan fingerprint density at radius 3 is 2.41 bits per heavy atom. The number of aromatic nitrogens is 1. The first-order chi connectivity index (χ1) is 16.5. The first kappa shape index (κ1) is 22.8. The van der Waals surface area contributed by atoms with Gasteiger partial charge in [0.25, 0.3) is 5.91 Å². The summed E-state index contributed by atoms with van der Waals surface area (Å²) >= 11 is 0. The van der Waals surface area contributed by atoms with Crippen molar-refractivity contribution in [2.75, 3.05) is 24.4 Å². The lowest BCUT2D eigenvalue weighted by molar-refractivity contribution is -0.124. The van der Waals surface area contributed by atoms with Crippen LogP contribution in [0, 0.1) is 0 Å². The monoisotopic (exact) mass is 460 g/mol. The van der Waals surface area contributed by atoms with E-state index in [1.54, 1.807) is 80.0 Å². The summed E-state index contributed by atoms with van der Waals surface area (Å²) in [5, 5.41) is 2.77. The summed E-state index contributed by atoms with van der Waals surface area (Å²) in [6.07, 6.45) is 1.41. The van der Waals surface area contributed by atoms with Gasteiger partial charge in [0.15, 0.2) is 0 Å². The number of nitrogens with zero attached hydrogens (tertiary/aromatic N) is 3. The number of hydrogen-bond acceptors (Lipinski definition) is 6.